The Morgan fingerprint density at radius 3 is 2.03 bits per heavy atom. The molecule has 0 bridgehead atoms. The number of carbonyl (C=O) groups is 2. The van der Waals surface area contributed by atoms with Gasteiger partial charge in [0, 0.05) is 43.0 Å². The third-order valence-electron chi connectivity index (χ3n) is 5.53. The van der Waals surface area contributed by atoms with Gasteiger partial charge < -0.3 is 15.5 Å². The molecule has 0 saturated carbocycles. The van der Waals surface area contributed by atoms with E-state index in [1.807, 2.05) is 32.0 Å². The molecule has 0 unspecified atom stereocenters. The average Bonchev–Trinajstić information content (AvgIpc) is 3.13. The van der Waals surface area contributed by atoms with Crippen LogP contribution < -0.4 is 15.5 Å². The van der Waals surface area contributed by atoms with Gasteiger partial charge in [0.1, 0.15) is 0 Å². The maximum Gasteiger partial charge on any atom is 0.227 e. The van der Waals surface area contributed by atoms with Gasteiger partial charge in [-0.05, 0) is 69.2 Å². The Morgan fingerprint density at radius 2 is 1.50 bits per heavy atom. The zero-order valence-corrected chi connectivity index (χ0v) is 18.5. The Kier molecular flexibility index (Phi) is 6.16. The summed E-state index contributed by atoms with van der Waals surface area (Å²) >= 11 is 0. The van der Waals surface area contributed by atoms with Crippen LogP contribution in [0.25, 0.3) is 5.82 Å². The molecule has 1 fully saturated rings. The van der Waals surface area contributed by atoms with Gasteiger partial charge in [-0.3, -0.25) is 9.59 Å². The third kappa shape index (κ3) is 4.93. The first kappa shape index (κ1) is 21.5. The normalized spacial score (nSPS) is 14.3. The second-order valence-electron chi connectivity index (χ2n) is 8.10. The minimum absolute atomic E-state index is 0.0166. The molecule has 2 amide bonds. The molecule has 1 aromatic carbocycles. The summed E-state index contributed by atoms with van der Waals surface area (Å²) in [5, 5.41) is 18.8. The van der Waals surface area contributed by atoms with E-state index in [9.17, 15) is 9.59 Å². The lowest BCUT2D eigenvalue weighted by atomic mass is 9.96. The molecule has 4 rings (SSSR count). The average molecular weight is 434 g/mol. The van der Waals surface area contributed by atoms with Crippen LogP contribution in [-0.2, 0) is 9.59 Å². The molecule has 3 aromatic rings. The second kappa shape index (κ2) is 9.17. The molecule has 32 heavy (non-hydrogen) atoms. The van der Waals surface area contributed by atoms with E-state index in [0.717, 1.165) is 48.8 Å². The van der Waals surface area contributed by atoms with Crippen LogP contribution in [0.3, 0.4) is 0 Å². The van der Waals surface area contributed by atoms with Gasteiger partial charge >= 0.3 is 0 Å². The quantitative estimate of drug-likeness (QED) is 0.641. The predicted octanol–water partition coefficient (Wildman–Crippen LogP) is 3.09. The van der Waals surface area contributed by atoms with Crippen molar-refractivity contribution >= 4 is 29.0 Å². The van der Waals surface area contributed by atoms with E-state index in [0.29, 0.717) is 11.5 Å². The Hall–Kier alpha value is -3.75. The van der Waals surface area contributed by atoms with Crippen molar-refractivity contribution in [3.8, 4) is 5.82 Å². The van der Waals surface area contributed by atoms with E-state index in [2.05, 4.69) is 30.8 Å². The lowest BCUT2D eigenvalue weighted by Crippen LogP contribution is -2.38. The summed E-state index contributed by atoms with van der Waals surface area (Å²) in [6.07, 6.45) is 1.49. The molecule has 1 aliphatic rings. The van der Waals surface area contributed by atoms with Crippen molar-refractivity contribution in [3.05, 3.63) is 53.9 Å². The van der Waals surface area contributed by atoms with Crippen molar-refractivity contribution in [3.63, 3.8) is 0 Å². The van der Waals surface area contributed by atoms with Crippen LogP contribution in [0.5, 0.6) is 0 Å². The lowest BCUT2D eigenvalue weighted by Gasteiger charge is -2.31. The number of amides is 2. The van der Waals surface area contributed by atoms with Gasteiger partial charge in [0.05, 0.1) is 5.69 Å². The van der Waals surface area contributed by atoms with Gasteiger partial charge in [-0.2, -0.15) is 5.10 Å². The van der Waals surface area contributed by atoms with Gasteiger partial charge in [-0.15, -0.1) is 10.2 Å². The zero-order valence-electron chi connectivity index (χ0n) is 18.5. The van der Waals surface area contributed by atoms with Gasteiger partial charge in [0.25, 0.3) is 0 Å². The fourth-order valence-electron chi connectivity index (χ4n) is 3.92. The second-order valence-corrected chi connectivity index (χ2v) is 8.10. The summed E-state index contributed by atoms with van der Waals surface area (Å²) in [6, 6.07) is 13.0. The fraction of sp³-hybridized carbons (Fsp3) is 0.348. The standard InChI is InChI=1S/C23H27N7O2/c1-15-14-16(2)30(28-15)22-9-8-21(26-27-22)29-12-10-18(11-13-29)23(32)25-20-6-4-19(5-7-20)24-17(3)31/h4-9,14,18H,10-13H2,1-3H3,(H,24,31)(H,25,32). The monoisotopic (exact) mass is 433 g/mol. The summed E-state index contributed by atoms with van der Waals surface area (Å²) in [4.78, 5) is 25.9. The van der Waals surface area contributed by atoms with E-state index in [1.165, 1.54) is 6.92 Å². The van der Waals surface area contributed by atoms with E-state index in [1.54, 1.807) is 28.9 Å². The zero-order chi connectivity index (χ0) is 22.7. The molecule has 2 N–H and O–H groups in total. The first-order valence-corrected chi connectivity index (χ1v) is 10.7. The van der Waals surface area contributed by atoms with Crippen molar-refractivity contribution in [2.24, 2.45) is 5.92 Å². The number of hydrogen-bond donors (Lipinski definition) is 2. The van der Waals surface area contributed by atoms with Crippen molar-refractivity contribution in [1.82, 2.24) is 20.0 Å². The van der Waals surface area contributed by atoms with E-state index in [-0.39, 0.29) is 17.7 Å². The highest BCUT2D eigenvalue weighted by Crippen LogP contribution is 2.24. The predicted molar refractivity (Wildman–Crippen MR) is 123 cm³/mol. The minimum atomic E-state index is -0.125. The smallest absolute Gasteiger partial charge is 0.227 e. The van der Waals surface area contributed by atoms with Crippen molar-refractivity contribution in [2.45, 2.75) is 33.6 Å². The summed E-state index contributed by atoms with van der Waals surface area (Å²) in [6.45, 7) is 6.89. The summed E-state index contributed by atoms with van der Waals surface area (Å²) in [7, 11) is 0. The lowest BCUT2D eigenvalue weighted by molar-refractivity contribution is -0.120. The van der Waals surface area contributed by atoms with E-state index < -0.39 is 0 Å². The van der Waals surface area contributed by atoms with Crippen LogP contribution in [0.1, 0.15) is 31.2 Å². The molecule has 1 aliphatic heterocycles. The summed E-state index contributed by atoms with van der Waals surface area (Å²) in [5.41, 5.74) is 3.38. The molecule has 3 heterocycles. The number of benzene rings is 1. The van der Waals surface area contributed by atoms with Crippen LogP contribution in [0.4, 0.5) is 17.2 Å². The highest BCUT2D eigenvalue weighted by Gasteiger charge is 2.26. The fourth-order valence-corrected chi connectivity index (χ4v) is 3.92. The number of carbonyl (C=O) groups excluding carboxylic acids is 2. The third-order valence-corrected chi connectivity index (χ3v) is 5.53. The molecule has 0 atom stereocenters. The number of aryl methyl sites for hydroxylation is 2. The molecule has 166 valence electrons. The van der Waals surface area contributed by atoms with Crippen LogP contribution >= 0.6 is 0 Å². The van der Waals surface area contributed by atoms with Gasteiger partial charge in [-0.1, -0.05) is 0 Å². The van der Waals surface area contributed by atoms with Crippen LogP contribution in [-0.4, -0.2) is 44.9 Å². The molecule has 9 heteroatoms. The molecular formula is C23H27N7O2. The first-order chi connectivity index (χ1) is 15.4. The number of nitrogens with zero attached hydrogens (tertiary/aromatic N) is 5. The van der Waals surface area contributed by atoms with Crippen molar-refractivity contribution in [2.75, 3.05) is 28.6 Å². The first-order valence-electron chi connectivity index (χ1n) is 10.7. The van der Waals surface area contributed by atoms with Gasteiger partial charge in [0.15, 0.2) is 11.6 Å². The van der Waals surface area contributed by atoms with Crippen molar-refractivity contribution in [1.29, 1.82) is 0 Å². The Balaban J connectivity index is 1.31. The Bertz CT molecular complexity index is 1100. The molecule has 2 aromatic heterocycles. The van der Waals surface area contributed by atoms with Crippen LogP contribution in [0, 0.1) is 19.8 Å². The minimum Gasteiger partial charge on any atom is -0.355 e. The largest absolute Gasteiger partial charge is 0.355 e. The topological polar surface area (TPSA) is 105 Å². The number of anilines is 3. The molecule has 9 nitrogen and oxygen atoms in total. The number of hydrogen-bond acceptors (Lipinski definition) is 6. The summed E-state index contributed by atoms with van der Waals surface area (Å²) < 4.78 is 1.78. The highest BCUT2D eigenvalue weighted by molar-refractivity contribution is 5.93. The maximum absolute atomic E-state index is 12.7. The Labute approximate surface area is 186 Å². The van der Waals surface area contributed by atoms with Crippen LogP contribution in [0.15, 0.2) is 42.5 Å². The highest BCUT2D eigenvalue weighted by atomic mass is 16.2. The number of rotatable bonds is 5. The number of aromatic nitrogens is 4. The van der Waals surface area contributed by atoms with E-state index >= 15 is 0 Å². The molecule has 0 aliphatic carbocycles. The molecule has 1 saturated heterocycles. The van der Waals surface area contributed by atoms with Gasteiger partial charge in [-0.25, -0.2) is 4.68 Å². The molecule has 0 spiro atoms. The number of piperidine rings is 1. The molecule has 0 radical (unpaired) electrons. The van der Waals surface area contributed by atoms with Crippen LogP contribution in [0.2, 0.25) is 0 Å². The summed E-state index contributed by atoms with van der Waals surface area (Å²) in [5.74, 6) is 1.34. The SMILES string of the molecule is CC(=O)Nc1ccc(NC(=O)C2CCN(c3ccc(-n4nc(C)cc4C)nn3)CC2)cc1. The van der Waals surface area contributed by atoms with E-state index in [4.69, 9.17) is 0 Å². The number of nitrogens with one attached hydrogen (secondary N) is 2. The maximum atomic E-state index is 12.7. The molecular weight excluding hydrogens is 406 g/mol. The van der Waals surface area contributed by atoms with Crippen molar-refractivity contribution < 1.29 is 9.59 Å². The Morgan fingerprint density at radius 1 is 0.906 bits per heavy atom. The van der Waals surface area contributed by atoms with Gasteiger partial charge in [0.2, 0.25) is 11.8 Å².